The van der Waals surface area contributed by atoms with E-state index in [9.17, 15) is 0 Å². The number of halogens is 3. The Morgan fingerprint density at radius 1 is 0.684 bits per heavy atom. The molecule has 0 spiro atoms. The topological polar surface area (TPSA) is 53.5 Å². The van der Waals surface area contributed by atoms with Crippen molar-refractivity contribution in [3.05, 3.63) is 47.9 Å². The third-order valence-electron chi connectivity index (χ3n) is 2.44. The van der Waals surface area contributed by atoms with Gasteiger partial charge in [-0.2, -0.15) is 15.3 Å². The Kier molecular flexibility index (Phi) is 4.16. The van der Waals surface area contributed by atoms with Gasteiger partial charge in [0.25, 0.3) is 0 Å². The highest BCUT2D eigenvalue weighted by molar-refractivity contribution is 14.1. The van der Waals surface area contributed by atoms with Crippen molar-refractivity contribution in [1.29, 1.82) is 0 Å². The Bertz CT molecular complexity index is 609. The minimum atomic E-state index is -0.226. The molecule has 10 heteroatoms. The van der Waals surface area contributed by atoms with Gasteiger partial charge in [0.05, 0.1) is 0 Å². The van der Waals surface area contributed by atoms with E-state index in [4.69, 9.17) is 0 Å². The van der Waals surface area contributed by atoms with Crippen LogP contribution in [0.2, 0.25) is 0 Å². The number of nitrogens with zero attached hydrogens (tertiary/aromatic N) is 6. The summed E-state index contributed by atoms with van der Waals surface area (Å²) in [5.74, 6) is 0. The summed E-state index contributed by atoms with van der Waals surface area (Å²) in [7, 11) is -0.226. The van der Waals surface area contributed by atoms with Crippen molar-refractivity contribution in [3.63, 3.8) is 0 Å². The SMILES string of the molecule is Ic1ccn(B(n2ccc(I)n2)n2ccc(I)n2)n1. The number of aromatic nitrogens is 6. The zero-order chi connectivity index (χ0) is 13.4. The van der Waals surface area contributed by atoms with E-state index < -0.39 is 0 Å². The zero-order valence-corrected chi connectivity index (χ0v) is 15.8. The van der Waals surface area contributed by atoms with Gasteiger partial charge >= 0.3 is 7.12 Å². The summed E-state index contributed by atoms with van der Waals surface area (Å²) in [6.07, 6.45) is 5.78. The minimum Gasteiger partial charge on any atom is -0.267 e. The van der Waals surface area contributed by atoms with Crippen LogP contribution in [0.5, 0.6) is 0 Å². The van der Waals surface area contributed by atoms with Crippen LogP contribution in [0.1, 0.15) is 0 Å². The van der Waals surface area contributed by atoms with E-state index in [1.54, 1.807) is 0 Å². The molecule has 3 rings (SSSR count). The van der Waals surface area contributed by atoms with Crippen molar-refractivity contribution in [1.82, 2.24) is 29.1 Å². The second kappa shape index (κ2) is 5.71. The van der Waals surface area contributed by atoms with Crippen LogP contribution in [0, 0.1) is 11.1 Å². The smallest absolute Gasteiger partial charge is 0.267 e. The van der Waals surface area contributed by atoms with Crippen LogP contribution in [0.25, 0.3) is 0 Å². The van der Waals surface area contributed by atoms with Gasteiger partial charge in [-0.1, -0.05) is 0 Å². The molecule has 0 bridgehead atoms. The first-order chi connectivity index (χ1) is 9.13. The van der Waals surface area contributed by atoms with E-state index in [2.05, 4.69) is 83.1 Å². The molecule has 0 saturated carbocycles. The van der Waals surface area contributed by atoms with Crippen LogP contribution in [0.3, 0.4) is 0 Å². The van der Waals surface area contributed by atoms with E-state index in [-0.39, 0.29) is 7.12 Å². The molecular formula is C9H6BI3N6. The third kappa shape index (κ3) is 2.98. The molecule has 96 valence electrons. The molecule has 3 heterocycles. The molecule has 0 aliphatic carbocycles. The predicted octanol–water partition coefficient (Wildman–Crippen LogP) is 2.02. The van der Waals surface area contributed by atoms with Gasteiger partial charge in [0, 0.05) is 18.6 Å². The van der Waals surface area contributed by atoms with E-state index in [1.165, 1.54) is 0 Å². The van der Waals surface area contributed by atoms with Crippen molar-refractivity contribution in [2.75, 3.05) is 0 Å². The van der Waals surface area contributed by atoms with Gasteiger partial charge in [0.2, 0.25) is 0 Å². The average molecular weight is 590 g/mol. The van der Waals surface area contributed by atoms with Gasteiger partial charge in [-0.15, -0.1) is 0 Å². The molecule has 0 unspecified atom stereocenters. The van der Waals surface area contributed by atoms with Gasteiger partial charge in [0.15, 0.2) is 0 Å². The molecule has 0 fully saturated rings. The van der Waals surface area contributed by atoms with Gasteiger partial charge in [-0.3, -0.25) is 13.8 Å². The van der Waals surface area contributed by atoms with Crippen molar-refractivity contribution < 1.29 is 0 Å². The van der Waals surface area contributed by atoms with Crippen molar-refractivity contribution in [3.8, 4) is 0 Å². The van der Waals surface area contributed by atoms with Gasteiger partial charge in [-0.05, 0) is 86.0 Å². The molecule has 0 aromatic carbocycles. The summed E-state index contributed by atoms with van der Waals surface area (Å²) < 4.78 is 8.33. The van der Waals surface area contributed by atoms with Crippen LogP contribution in [0.4, 0.5) is 0 Å². The first-order valence-electron chi connectivity index (χ1n) is 5.25. The lowest BCUT2D eigenvalue weighted by Crippen LogP contribution is -2.43. The monoisotopic (exact) mass is 590 g/mol. The molecule has 0 atom stereocenters. The Labute approximate surface area is 150 Å². The quantitative estimate of drug-likeness (QED) is 0.347. The van der Waals surface area contributed by atoms with Gasteiger partial charge in [0.1, 0.15) is 11.1 Å². The molecule has 0 radical (unpaired) electrons. The maximum atomic E-state index is 4.46. The van der Waals surface area contributed by atoms with Crippen molar-refractivity contribution >= 4 is 74.9 Å². The lowest BCUT2D eigenvalue weighted by molar-refractivity contribution is 0.762. The summed E-state index contributed by atoms with van der Waals surface area (Å²) in [6, 6.07) is 5.86. The third-order valence-corrected chi connectivity index (χ3v) is 4.16. The molecule has 0 saturated heterocycles. The second-order valence-electron chi connectivity index (χ2n) is 3.70. The van der Waals surface area contributed by atoms with Gasteiger partial charge in [-0.25, -0.2) is 0 Å². The summed E-state index contributed by atoms with van der Waals surface area (Å²) in [6.45, 7) is 0. The Hall–Kier alpha value is -0.115. The number of hydrogen-bond acceptors (Lipinski definition) is 3. The van der Waals surface area contributed by atoms with Crippen LogP contribution in [-0.2, 0) is 0 Å². The highest BCUT2D eigenvalue weighted by atomic mass is 127. The standard InChI is InChI=1S/C9H6BI3N6/c11-7-1-4-17(14-7)10(18-5-2-8(12)15-18)19-6-3-9(13)16-19/h1-6H. The molecular weight excluding hydrogens is 584 g/mol. The molecule has 0 amide bonds. The minimum absolute atomic E-state index is 0.226. The van der Waals surface area contributed by atoms with E-state index in [0.717, 1.165) is 11.1 Å². The molecule has 0 N–H and O–H groups in total. The van der Waals surface area contributed by atoms with Gasteiger partial charge < -0.3 is 0 Å². The first-order valence-corrected chi connectivity index (χ1v) is 8.49. The lowest BCUT2D eigenvalue weighted by atomic mass is 9.96. The van der Waals surface area contributed by atoms with E-state index >= 15 is 0 Å². The van der Waals surface area contributed by atoms with Crippen molar-refractivity contribution in [2.45, 2.75) is 0 Å². The van der Waals surface area contributed by atoms with Crippen LogP contribution in [-0.4, -0.2) is 36.2 Å². The molecule has 19 heavy (non-hydrogen) atoms. The summed E-state index contributed by atoms with van der Waals surface area (Å²) in [5, 5.41) is 13.4. The van der Waals surface area contributed by atoms with E-state index in [1.807, 2.05) is 50.6 Å². The molecule has 3 aromatic heterocycles. The highest BCUT2D eigenvalue weighted by Gasteiger charge is 2.27. The fourth-order valence-electron chi connectivity index (χ4n) is 1.69. The second-order valence-corrected chi connectivity index (χ2v) is 7.02. The summed E-state index contributed by atoms with van der Waals surface area (Å²) >= 11 is 6.57. The summed E-state index contributed by atoms with van der Waals surface area (Å²) in [4.78, 5) is 0. The fourth-order valence-corrected chi connectivity index (χ4v) is 2.92. The Balaban J connectivity index is 2.10. The van der Waals surface area contributed by atoms with E-state index in [0.29, 0.717) is 0 Å². The maximum absolute atomic E-state index is 4.46. The Morgan fingerprint density at radius 3 is 1.21 bits per heavy atom. The first kappa shape index (κ1) is 13.8. The zero-order valence-electron chi connectivity index (χ0n) is 9.36. The fraction of sp³-hybridized carbons (Fsp3) is 0. The molecule has 0 aliphatic rings. The highest BCUT2D eigenvalue weighted by Crippen LogP contribution is 2.07. The average Bonchev–Trinajstić information content (AvgIpc) is 3.05. The maximum Gasteiger partial charge on any atom is 0.568 e. The molecule has 0 aliphatic heterocycles. The molecule has 3 aromatic rings. The lowest BCUT2D eigenvalue weighted by Gasteiger charge is -2.12. The van der Waals surface area contributed by atoms with Crippen molar-refractivity contribution in [2.24, 2.45) is 0 Å². The number of rotatable bonds is 3. The van der Waals surface area contributed by atoms with Crippen LogP contribution >= 0.6 is 67.8 Å². The van der Waals surface area contributed by atoms with Crippen LogP contribution in [0.15, 0.2) is 36.8 Å². The molecule has 6 nitrogen and oxygen atoms in total. The largest absolute Gasteiger partial charge is 0.568 e. The predicted molar refractivity (Wildman–Crippen MR) is 96.8 cm³/mol. The normalized spacial score (nSPS) is 10.9. The number of hydrogen-bond donors (Lipinski definition) is 0. The van der Waals surface area contributed by atoms with Crippen LogP contribution < -0.4 is 0 Å². The Morgan fingerprint density at radius 2 is 1.00 bits per heavy atom. The summed E-state index contributed by atoms with van der Waals surface area (Å²) in [5.41, 5.74) is 0.